The summed E-state index contributed by atoms with van der Waals surface area (Å²) in [4.78, 5) is 16.5. The lowest BCUT2D eigenvalue weighted by Gasteiger charge is -2.30. The first-order chi connectivity index (χ1) is 9.20. The van der Waals surface area contributed by atoms with Crippen LogP contribution < -0.4 is 5.32 Å². The van der Waals surface area contributed by atoms with Gasteiger partial charge in [0.2, 0.25) is 5.91 Å². The highest BCUT2D eigenvalue weighted by molar-refractivity contribution is 5.78. The highest BCUT2D eigenvalue weighted by Gasteiger charge is 2.30. The second-order valence-electron chi connectivity index (χ2n) is 6.18. The number of amides is 1. The summed E-state index contributed by atoms with van der Waals surface area (Å²) < 4.78 is 0. The molecule has 4 nitrogen and oxygen atoms in total. The smallest absolute Gasteiger partial charge is 0.236 e. The van der Waals surface area contributed by atoms with E-state index in [0.717, 1.165) is 38.5 Å². The van der Waals surface area contributed by atoms with Crippen LogP contribution in [0.4, 0.5) is 0 Å². The Kier molecular flexibility index (Phi) is 5.64. The van der Waals surface area contributed by atoms with Crippen molar-refractivity contribution >= 4 is 5.91 Å². The highest BCUT2D eigenvalue weighted by Crippen LogP contribution is 2.25. The molecule has 1 aliphatic carbocycles. The minimum Gasteiger partial charge on any atom is -0.342 e. The second kappa shape index (κ2) is 7.25. The quantitative estimate of drug-likeness (QED) is 0.755. The van der Waals surface area contributed by atoms with Crippen molar-refractivity contribution in [2.75, 3.05) is 39.8 Å². The predicted molar refractivity (Wildman–Crippen MR) is 78.1 cm³/mol. The van der Waals surface area contributed by atoms with Crippen LogP contribution in [0.25, 0.3) is 0 Å². The number of nitrogens with one attached hydrogen (secondary N) is 1. The monoisotopic (exact) mass is 267 g/mol. The molecule has 2 aliphatic rings. The minimum absolute atomic E-state index is 0.305. The van der Waals surface area contributed by atoms with Crippen LogP contribution in [0.3, 0.4) is 0 Å². The van der Waals surface area contributed by atoms with Crippen molar-refractivity contribution in [3.05, 3.63) is 0 Å². The summed E-state index contributed by atoms with van der Waals surface area (Å²) in [5.74, 6) is 1.03. The molecule has 110 valence electrons. The van der Waals surface area contributed by atoms with Crippen molar-refractivity contribution in [2.45, 2.75) is 45.1 Å². The molecule has 1 N–H and O–H groups in total. The molecule has 2 rings (SSSR count). The van der Waals surface area contributed by atoms with Crippen molar-refractivity contribution < 1.29 is 4.79 Å². The number of rotatable bonds is 7. The molecular formula is C15H29N3O. The van der Waals surface area contributed by atoms with Gasteiger partial charge in [-0.2, -0.15) is 0 Å². The molecule has 1 unspecified atom stereocenters. The maximum absolute atomic E-state index is 12.2. The first-order valence-corrected chi connectivity index (χ1v) is 7.89. The molecule has 4 heteroatoms. The summed E-state index contributed by atoms with van der Waals surface area (Å²) in [7, 11) is 1.96. The number of carbonyl (C=O) groups excluding carboxylic acids is 1. The van der Waals surface area contributed by atoms with Gasteiger partial charge in [0.1, 0.15) is 0 Å². The molecule has 1 aliphatic heterocycles. The third-order valence-corrected chi connectivity index (χ3v) is 4.30. The second-order valence-corrected chi connectivity index (χ2v) is 6.18. The van der Waals surface area contributed by atoms with Crippen molar-refractivity contribution in [1.29, 1.82) is 0 Å². The van der Waals surface area contributed by atoms with Crippen LogP contribution >= 0.6 is 0 Å². The van der Waals surface area contributed by atoms with Crippen LogP contribution in [0.15, 0.2) is 0 Å². The molecule has 0 aromatic rings. The summed E-state index contributed by atoms with van der Waals surface area (Å²) in [5, 5.41) is 3.46. The van der Waals surface area contributed by atoms with Crippen molar-refractivity contribution in [3.63, 3.8) is 0 Å². The summed E-state index contributed by atoms with van der Waals surface area (Å²) in [6.07, 6.45) is 6.10. The number of likely N-dealkylation sites (N-methyl/N-ethyl adjacent to an activating group) is 1. The summed E-state index contributed by atoms with van der Waals surface area (Å²) in [6.45, 7) is 7.20. The Morgan fingerprint density at radius 1 is 1.32 bits per heavy atom. The molecular weight excluding hydrogens is 238 g/mol. The van der Waals surface area contributed by atoms with Gasteiger partial charge in [0.15, 0.2) is 0 Å². The van der Waals surface area contributed by atoms with E-state index in [0.29, 0.717) is 18.5 Å². The van der Waals surface area contributed by atoms with Gasteiger partial charge in [0.25, 0.3) is 0 Å². The maximum atomic E-state index is 12.2. The van der Waals surface area contributed by atoms with Gasteiger partial charge in [0.05, 0.1) is 6.54 Å². The van der Waals surface area contributed by atoms with Crippen LogP contribution in [0.1, 0.15) is 39.0 Å². The van der Waals surface area contributed by atoms with Gasteiger partial charge in [-0.05, 0) is 57.7 Å². The van der Waals surface area contributed by atoms with Gasteiger partial charge in [-0.3, -0.25) is 9.69 Å². The Labute approximate surface area is 117 Å². The summed E-state index contributed by atoms with van der Waals surface area (Å²) >= 11 is 0. The molecule has 1 heterocycles. The number of carbonyl (C=O) groups is 1. The Balaban J connectivity index is 1.78. The third kappa shape index (κ3) is 4.77. The van der Waals surface area contributed by atoms with E-state index < -0.39 is 0 Å². The van der Waals surface area contributed by atoms with Crippen LogP contribution in [-0.2, 0) is 4.79 Å². The zero-order valence-electron chi connectivity index (χ0n) is 12.5. The Bertz CT molecular complexity index is 285. The van der Waals surface area contributed by atoms with Gasteiger partial charge in [-0.15, -0.1) is 0 Å². The average Bonchev–Trinajstić information content (AvgIpc) is 3.23. The Hall–Kier alpha value is -0.610. The molecule has 0 bridgehead atoms. The highest BCUT2D eigenvalue weighted by atomic mass is 16.2. The topological polar surface area (TPSA) is 35.6 Å². The number of nitrogens with zero attached hydrogens (tertiary/aromatic N) is 2. The van der Waals surface area contributed by atoms with E-state index in [-0.39, 0.29) is 0 Å². The standard InChI is InChI=1S/C15H29N3O/c1-3-9-18(11-13-5-4-8-16-10-13)12-15(19)17(2)14-6-7-14/h13-14,16H,3-12H2,1-2H3. The molecule has 0 aromatic heterocycles. The van der Waals surface area contributed by atoms with Crippen LogP contribution in [-0.4, -0.2) is 61.5 Å². The summed E-state index contributed by atoms with van der Waals surface area (Å²) in [5.41, 5.74) is 0. The van der Waals surface area contributed by atoms with Gasteiger partial charge in [-0.1, -0.05) is 6.92 Å². The molecule has 1 atom stereocenters. The van der Waals surface area contributed by atoms with Crippen LogP contribution in [0.2, 0.25) is 0 Å². The van der Waals surface area contributed by atoms with E-state index in [9.17, 15) is 4.79 Å². The van der Waals surface area contributed by atoms with E-state index in [1.165, 1.54) is 25.7 Å². The lowest BCUT2D eigenvalue weighted by atomic mass is 9.99. The Morgan fingerprint density at radius 2 is 2.11 bits per heavy atom. The summed E-state index contributed by atoms with van der Waals surface area (Å²) in [6, 6.07) is 0.535. The van der Waals surface area contributed by atoms with E-state index in [1.54, 1.807) is 0 Å². The molecule has 1 saturated heterocycles. The number of piperidine rings is 1. The molecule has 1 amide bonds. The number of hydrogen-bond acceptors (Lipinski definition) is 3. The van der Waals surface area contributed by atoms with E-state index in [2.05, 4.69) is 17.1 Å². The zero-order chi connectivity index (χ0) is 13.7. The molecule has 2 fully saturated rings. The van der Waals surface area contributed by atoms with Gasteiger partial charge in [0, 0.05) is 19.6 Å². The molecule has 1 saturated carbocycles. The van der Waals surface area contributed by atoms with Gasteiger partial charge < -0.3 is 10.2 Å². The van der Waals surface area contributed by atoms with E-state index in [4.69, 9.17) is 0 Å². The first kappa shape index (κ1) is 14.8. The molecule has 0 radical (unpaired) electrons. The average molecular weight is 267 g/mol. The maximum Gasteiger partial charge on any atom is 0.236 e. The Morgan fingerprint density at radius 3 is 2.68 bits per heavy atom. The molecule has 19 heavy (non-hydrogen) atoms. The van der Waals surface area contributed by atoms with Crippen molar-refractivity contribution in [2.24, 2.45) is 5.92 Å². The SMILES string of the molecule is CCCN(CC(=O)N(C)C1CC1)CC1CCCNC1. The third-order valence-electron chi connectivity index (χ3n) is 4.30. The molecule has 0 aromatic carbocycles. The fourth-order valence-corrected chi connectivity index (χ4v) is 2.96. The largest absolute Gasteiger partial charge is 0.342 e. The van der Waals surface area contributed by atoms with E-state index >= 15 is 0 Å². The van der Waals surface area contributed by atoms with Crippen molar-refractivity contribution in [3.8, 4) is 0 Å². The van der Waals surface area contributed by atoms with Gasteiger partial charge >= 0.3 is 0 Å². The normalized spacial score (nSPS) is 23.6. The van der Waals surface area contributed by atoms with Crippen molar-refractivity contribution in [1.82, 2.24) is 15.1 Å². The van der Waals surface area contributed by atoms with Crippen LogP contribution in [0, 0.1) is 5.92 Å². The zero-order valence-corrected chi connectivity index (χ0v) is 12.5. The van der Waals surface area contributed by atoms with Crippen LogP contribution in [0.5, 0.6) is 0 Å². The molecule has 0 spiro atoms. The lowest BCUT2D eigenvalue weighted by Crippen LogP contribution is -2.44. The fourth-order valence-electron chi connectivity index (χ4n) is 2.96. The first-order valence-electron chi connectivity index (χ1n) is 7.89. The minimum atomic E-state index is 0.305. The predicted octanol–water partition coefficient (Wildman–Crippen LogP) is 1.32. The van der Waals surface area contributed by atoms with E-state index in [1.807, 2.05) is 11.9 Å². The fraction of sp³-hybridized carbons (Fsp3) is 0.933. The van der Waals surface area contributed by atoms with Gasteiger partial charge in [-0.25, -0.2) is 0 Å². The lowest BCUT2D eigenvalue weighted by molar-refractivity contribution is -0.131. The number of hydrogen-bond donors (Lipinski definition) is 1.